The molecule has 0 aliphatic carbocycles. The Balaban J connectivity index is 1.31. The summed E-state index contributed by atoms with van der Waals surface area (Å²) in [5.41, 5.74) is 4.91. The molecule has 0 bridgehead atoms. The summed E-state index contributed by atoms with van der Waals surface area (Å²) in [7, 11) is 5.33. The van der Waals surface area contributed by atoms with Crippen molar-refractivity contribution in [2.24, 2.45) is 0 Å². The summed E-state index contributed by atoms with van der Waals surface area (Å²) >= 11 is 1.58. The number of carbonyl (C=O) groups is 1. The van der Waals surface area contributed by atoms with Crippen LogP contribution in [-0.2, 0) is 18.7 Å². The third kappa shape index (κ3) is 7.97. The maximum Gasteiger partial charge on any atom is 0.251 e. The molecule has 39 heavy (non-hydrogen) atoms. The molecule has 202 valence electrons. The molecular formula is C31H34N4O3S. The Kier molecular flexibility index (Phi) is 9.80. The zero-order valence-corrected chi connectivity index (χ0v) is 23.6. The number of thioether (sulfide) groups is 1. The van der Waals surface area contributed by atoms with Crippen LogP contribution in [0.25, 0.3) is 0 Å². The largest absolute Gasteiger partial charge is 0.493 e. The molecule has 0 aliphatic rings. The fourth-order valence-corrected chi connectivity index (χ4v) is 4.87. The van der Waals surface area contributed by atoms with Crippen LogP contribution >= 0.6 is 11.8 Å². The van der Waals surface area contributed by atoms with Gasteiger partial charge in [0.1, 0.15) is 5.82 Å². The fourth-order valence-electron chi connectivity index (χ4n) is 4.01. The molecule has 8 heteroatoms. The summed E-state index contributed by atoms with van der Waals surface area (Å²) in [4.78, 5) is 24.0. The smallest absolute Gasteiger partial charge is 0.251 e. The standard InChI is InChI=1S/C31H34N4O3S/c1-22-18-29(35(2)17-16-23-12-15-27(37-3)28(19-23)38-4)34-31(33-22)39-21-25-10-13-26(14-11-25)30(36)32-20-24-8-6-5-7-9-24/h5-15,18-19H,16-17,20-21H2,1-4H3,(H,32,36). The highest BCUT2D eigenvalue weighted by Crippen LogP contribution is 2.28. The number of carbonyl (C=O) groups excluding carboxylic acids is 1. The number of likely N-dealkylation sites (N-methyl/N-ethyl adjacent to an activating group) is 1. The molecule has 1 aromatic heterocycles. The summed E-state index contributed by atoms with van der Waals surface area (Å²) in [5.74, 6) is 2.97. The van der Waals surface area contributed by atoms with Crippen LogP contribution in [0.2, 0.25) is 0 Å². The van der Waals surface area contributed by atoms with Gasteiger partial charge >= 0.3 is 0 Å². The minimum absolute atomic E-state index is 0.0826. The number of aromatic nitrogens is 2. The SMILES string of the molecule is COc1ccc(CCN(C)c2cc(C)nc(SCc3ccc(C(=O)NCc4ccccc4)cc3)n2)cc1OC. The number of rotatable bonds is 12. The molecule has 3 aromatic carbocycles. The molecule has 0 aliphatic heterocycles. The first-order chi connectivity index (χ1) is 18.9. The molecule has 0 saturated heterocycles. The van der Waals surface area contributed by atoms with Gasteiger partial charge in [0, 0.05) is 43.2 Å². The van der Waals surface area contributed by atoms with E-state index in [2.05, 4.69) is 21.3 Å². The van der Waals surface area contributed by atoms with Gasteiger partial charge in [-0.15, -0.1) is 0 Å². The molecule has 7 nitrogen and oxygen atoms in total. The molecule has 0 unspecified atom stereocenters. The fraction of sp³-hybridized carbons (Fsp3) is 0.258. The molecule has 0 spiro atoms. The average Bonchev–Trinajstić information content (AvgIpc) is 2.97. The quantitative estimate of drug-likeness (QED) is 0.182. The zero-order valence-electron chi connectivity index (χ0n) is 22.8. The number of benzene rings is 3. The Morgan fingerprint density at radius 2 is 1.59 bits per heavy atom. The van der Waals surface area contributed by atoms with Crippen molar-refractivity contribution in [1.29, 1.82) is 0 Å². The molecule has 1 amide bonds. The summed E-state index contributed by atoms with van der Waals surface area (Å²) in [6, 6.07) is 25.6. The van der Waals surface area contributed by atoms with Crippen LogP contribution in [-0.4, -0.2) is 43.7 Å². The van der Waals surface area contributed by atoms with Gasteiger partial charge in [-0.1, -0.05) is 60.3 Å². The summed E-state index contributed by atoms with van der Waals surface area (Å²) in [6.07, 6.45) is 0.841. The Morgan fingerprint density at radius 1 is 0.872 bits per heavy atom. The van der Waals surface area contributed by atoms with Gasteiger partial charge in [0.15, 0.2) is 16.7 Å². The third-order valence-corrected chi connectivity index (χ3v) is 7.19. The first-order valence-corrected chi connectivity index (χ1v) is 13.8. The van der Waals surface area contributed by atoms with Crippen molar-refractivity contribution in [3.63, 3.8) is 0 Å². The molecule has 4 rings (SSSR count). The van der Waals surface area contributed by atoms with Crippen molar-refractivity contribution in [1.82, 2.24) is 15.3 Å². The van der Waals surface area contributed by atoms with Crippen LogP contribution in [0.5, 0.6) is 11.5 Å². The van der Waals surface area contributed by atoms with Crippen LogP contribution in [0, 0.1) is 6.92 Å². The van der Waals surface area contributed by atoms with Crippen LogP contribution in [0.1, 0.15) is 32.7 Å². The lowest BCUT2D eigenvalue weighted by Gasteiger charge is -2.19. The van der Waals surface area contributed by atoms with Crippen molar-refractivity contribution < 1.29 is 14.3 Å². The van der Waals surface area contributed by atoms with Crippen molar-refractivity contribution in [2.75, 3.05) is 32.7 Å². The number of ether oxygens (including phenoxy) is 2. The Hall–Kier alpha value is -4.04. The van der Waals surface area contributed by atoms with E-state index in [0.717, 1.165) is 57.8 Å². The molecule has 4 aromatic rings. The number of anilines is 1. The molecule has 1 heterocycles. The minimum Gasteiger partial charge on any atom is -0.493 e. The van der Waals surface area contributed by atoms with E-state index >= 15 is 0 Å². The highest BCUT2D eigenvalue weighted by atomic mass is 32.2. The lowest BCUT2D eigenvalue weighted by Crippen LogP contribution is -2.22. The Morgan fingerprint density at radius 3 is 2.31 bits per heavy atom. The van der Waals surface area contributed by atoms with Crippen LogP contribution < -0.4 is 19.7 Å². The van der Waals surface area contributed by atoms with Gasteiger partial charge in [-0.3, -0.25) is 4.79 Å². The number of hydrogen-bond acceptors (Lipinski definition) is 7. The topological polar surface area (TPSA) is 76.6 Å². The van der Waals surface area contributed by atoms with E-state index < -0.39 is 0 Å². The van der Waals surface area contributed by atoms with E-state index in [9.17, 15) is 4.79 Å². The third-order valence-electron chi connectivity index (χ3n) is 6.28. The Bertz CT molecular complexity index is 1380. The second-order valence-electron chi connectivity index (χ2n) is 9.16. The zero-order chi connectivity index (χ0) is 27.6. The van der Waals surface area contributed by atoms with Crippen LogP contribution in [0.3, 0.4) is 0 Å². The molecule has 0 fully saturated rings. The van der Waals surface area contributed by atoms with Crippen molar-refractivity contribution in [2.45, 2.75) is 30.8 Å². The van der Waals surface area contributed by atoms with Crippen molar-refractivity contribution in [3.8, 4) is 11.5 Å². The summed E-state index contributed by atoms with van der Waals surface area (Å²) in [6.45, 7) is 3.29. The maximum atomic E-state index is 12.5. The van der Waals surface area contributed by atoms with Gasteiger partial charge in [0.2, 0.25) is 0 Å². The average molecular weight is 543 g/mol. The molecule has 1 N–H and O–H groups in total. The van der Waals surface area contributed by atoms with Crippen molar-refractivity contribution in [3.05, 3.63) is 107 Å². The second-order valence-corrected chi connectivity index (χ2v) is 10.1. The van der Waals surface area contributed by atoms with Crippen LogP contribution in [0.15, 0.2) is 84.0 Å². The number of amides is 1. The van der Waals surface area contributed by atoms with E-state index in [1.807, 2.05) is 86.8 Å². The van der Waals surface area contributed by atoms with Gasteiger partial charge in [0.25, 0.3) is 5.91 Å². The lowest BCUT2D eigenvalue weighted by molar-refractivity contribution is 0.0951. The predicted molar refractivity (Wildman–Crippen MR) is 157 cm³/mol. The number of methoxy groups -OCH3 is 2. The minimum atomic E-state index is -0.0826. The molecule has 0 radical (unpaired) electrons. The maximum absolute atomic E-state index is 12.5. The van der Waals surface area contributed by atoms with E-state index in [0.29, 0.717) is 17.9 Å². The molecule has 0 atom stereocenters. The highest BCUT2D eigenvalue weighted by molar-refractivity contribution is 7.98. The number of nitrogens with one attached hydrogen (secondary N) is 1. The Labute approximate surface area is 234 Å². The number of aryl methyl sites for hydroxylation is 1. The monoisotopic (exact) mass is 542 g/mol. The first-order valence-electron chi connectivity index (χ1n) is 12.8. The summed E-state index contributed by atoms with van der Waals surface area (Å²) in [5, 5.41) is 3.70. The van der Waals surface area contributed by atoms with E-state index in [1.165, 1.54) is 0 Å². The normalized spacial score (nSPS) is 10.7. The second kappa shape index (κ2) is 13.7. The first kappa shape index (κ1) is 28.0. The van der Waals surface area contributed by atoms with Gasteiger partial charge in [-0.05, 0) is 54.3 Å². The summed E-state index contributed by atoms with van der Waals surface area (Å²) < 4.78 is 10.8. The van der Waals surface area contributed by atoms with E-state index in [-0.39, 0.29) is 5.91 Å². The van der Waals surface area contributed by atoms with E-state index in [1.54, 1.807) is 26.0 Å². The molecule has 0 saturated carbocycles. The predicted octanol–water partition coefficient (Wildman–Crippen LogP) is 5.70. The van der Waals surface area contributed by atoms with Crippen molar-refractivity contribution >= 4 is 23.5 Å². The molecular weight excluding hydrogens is 508 g/mol. The van der Waals surface area contributed by atoms with Gasteiger partial charge in [-0.25, -0.2) is 9.97 Å². The van der Waals surface area contributed by atoms with Gasteiger partial charge in [-0.2, -0.15) is 0 Å². The van der Waals surface area contributed by atoms with E-state index in [4.69, 9.17) is 14.5 Å². The van der Waals surface area contributed by atoms with Crippen LogP contribution in [0.4, 0.5) is 5.82 Å². The highest BCUT2D eigenvalue weighted by Gasteiger charge is 2.11. The number of hydrogen-bond donors (Lipinski definition) is 1. The lowest BCUT2D eigenvalue weighted by atomic mass is 10.1. The van der Waals surface area contributed by atoms with Gasteiger partial charge < -0.3 is 19.7 Å². The van der Waals surface area contributed by atoms with Gasteiger partial charge in [0.05, 0.1) is 14.2 Å². The number of nitrogens with zero attached hydrogens (tertiary/aromatic N) is 3.